The van der Waals surface area contributed by atoms with Gasteiger partial charge in [0.2, 0.25) is 0 Å². The molecule has 0 unspecified atom stereocenters. The summed E-state index contributed by atoms with van der Waals surface area (Å²) >= 11 is 0. The zero-order chi connectivity index (χ0) is 10.9. The molecule has 0 bridgehead atoms. The number of allylic oxidation sites excluding steroid dienone is 3. The van der Waals surface area contributed by atoms with E-state index in [-0.39, 0.29) is 5.54 Å². The Kier molecular flexibility index (Phi) is 7.50. The fourth-order valence-electron chi connectivity index (χ4n) is 1.04. The van der Waals surface area contributed by atoms with E-state index in [1.807, 2.05) is 0 Å². The summed E-state index contributed by atoms with van der Waals surface area (Å²) in [6.07, 6.45) is 12.4. The summed E-state index contributed by atoms with van der Waals surface area (Å²) < 4.78 is 0. The monoisotopic (exact) mass is 195 g/mol. The summed E-state index contributed by atoms with van der Waals surface area (Å²) in [6, 6.07) is 0. The number of hydrogen-bond donors (Lipinski definition) is 1. The van der Waals surface area contributed by atoms with Gasteiger partial charge in [-0.1, -0.05) is 31.2 Å². The third-order valence-electron chi connectivity index (χ3n) is 1.82. The zero-order valence-electron chi connectivity index (χ0n) is 10.1. The highest BCUT2D eigenvalue weighted by Crippen LogP contribution is 1.98. The predicted molar refractivity (Wildman–Crippen MR) is 65.6 cm³/mol. The van der Waals surface area contributed by atoms with Gasteiger partial charge in [0.25, 0.3) is 0 Å². The van der Waals surface area contributed by atoms with Gasteiger partial charge >= 0.3 is 0 Å². The lowest BCUT2D eigenvalue weighted by Crippen LogP contribution is -2.35. The molecule has 0 aromatic rings. The molecule has 1 N–H and O–H groups in total. The molecule has 0 fully saturated rings. The molecule has 1 heteroatoms. The minimum atomic E-state index is 0.229. The molecule has 0 aliphatic rings. The third kappa shape index (κ3) is 11.4. The molecule has 0 radical (unpaired) electrons. The Morgan fingerprint density at radius 2 is 1.50 bits per heavy atom. The van der Waals surface area contributed by atoms with Gasteiger partial charge in [0.1, 0.15) is 0 Å². The van der Waals surface area contributed by atoms with Crippen LogP contribution in [0.25, 0.3) is 0 Å². The Morgan fingerprint density at radius 3 is 2.00 bits per heavy atom. The van der Waals surface area contributed by atoms with Gasteiger partial charge in [-0.25, -0.2) is 0 Å². The maximum atomic E-state index is 3.42. The molecule has 1 nitrogen and oxygen atoms in total. The summed E-state index contributed by atoms with van der Waals surface area (Å²) in [5, 5.41) is 3.42. The molecule has 0 aromatic heterocycles. The molecule has 82 valence electrons. The lowest BCUT2D eigenvalue weighted by atomic mass is 10.1. The molecular formula is C13H25N. The van der Waals surface area contributed by atoms with Crippen LogP contribution in [0.4, 0.5) is 0 Å². The van der Waals surface area contributed by atoms with E-state index < -0.39 is 0 Å². The van der Waals surface area contributed by atoms with Crippen molar-refractivity contribution in [2.75, 3.05) is 6.54 Å². The van der Waals surface area contributed by atoms with Gasteiger partial charge in [-0.15, -0.1) is 0 Å². The summed E-state index contributed by atoms with van der Waals surface area (Å²) in [6.45, 7) is 9.70. The Morgan fingerprint density at radius 1 is 0.929 bits per heavy atom. The first-order chi connectivity index (χ1) is 6.56. The number of nitrogens with one attached hydrogen (secondary N) is 1. The molecule has 0 spiro atoms. The molecule has 14 heavy (non-hydrogen) atoms. The first kappa shape index (κ1) is 13.4. The highest BCUT2D eigenvalue weighted by Gasteiger charge is 2.05. The van der Waals surface area contributed by atoms with Gasteiger partial charge in [0, 0.05) is 12.1 Å². The molecule has 0 aliphatic heterocycles. The SMILES string of the molecule is CC/C=C\CC/C=C/CNC(C)(C)C. The standard InChI is InChI=1S/C13H25N/c1-5-6-7-8-9-10-11-12-14-13(2,3)4/h6-7,10-11,14H,5,8-9,12H2,1-4H3/b7-6-,11-10+. The topological polar surface area (TPSA) is 12.0 Å². The van der Waals surface area contributed by atoms with Crippen LogP contribution in [0.1, 0.15) is 47.0 Å². The second kappa shape index (κ2) is 7.81. The Bertz CT molecular complexity index is 172. The summed E-state index contributed by atoms with van der Waals surface area (Å²) in [7, 11) is 0. The van der Waals surface area contributed by atoms with Crippen LogP contribution in [0.2, 0.25) is 0 Å². The van der Waals surface area contributed by atoms with Gasteiger partial charge < -0.3 is 5.32 Å². The van der Waals surface area contributed by atoms with Crippen molar-refractivity contribution in [2.24, 2.45) is 0 Å². The van der Waals surface area contributed by atoms with E-state index in [9.17, 15) is 0 Å². The van der Waals surface area contributed by atoms with Gasteiger partial charge in [0.05, 0.1) is 0 Å². The van der Waals surface area contributed by atoms with Crippen LogP contribution >= 0.6 is 0 Å². The lowest BCUT2D eigenvalue weighted by molar-refractivity contribution is 0.449. The first-order valence-electron chi connectivity index (χ1n) is 5.61. The van der Waals surface area contributed by atoms with Crippen molar-refractivity contribution >= 4 is 0 Å². The fraction of sp³-hybridized carbons (Fsp3) is 0.692. The Balaban J connectivity index is 3.33. The fourth-order valence-corrected chi connectivity index (χ4v) is 1.04. The molecule has 0 aromatic carbocycles. The van der Waals surface area contributed by atoms with Gasteiger partial charge in [-0.2, -0.15) is 0 Å². The van der Waals surface area contributed by atoms with E-state index in [2.05, 4.69) is 57.3 Å². The molecule has 0 rings (SSSR count). The third-order valence-corrected chi connectivity index (χ3v) is 1.82. The lowest BCUT2D eigenvalue weighted by Gasteiger charge is -2.18. The van der Waals surface area contributed by atoms with Crippen LogP contribution in [0.5, 0.6) is 0 Å². The predicted octanol–water partition coefficient (Wildman–Crippen LogP) is 3.68. The van der Waals surface area contributed by atoms with Gasteiger partial charge in [0.15, 0.2) is 0 Å². The van der Waals surface area contributed by atoms with E-state index in [0.29, 0.717) is 0 Å². The van der Waals surface area contributed by atoms with Crippen LogP contribution in [-0.4, -0.2) is 12.1 Å². The average molecular weight is 195 g/mol. The minimum absolute atomic E-state index is 0.229. The van der Waals surface area contributed by atoms with Crippen molar-refractivity contribution in [3.63, 3.8) is 0 Å². The smallest absolute Gasteiger partial charge is 0.0139 e. The normalized spacial score (nSPS) is 13.1. The van der Waals surface area contributed by atoms with Gasteiger partial charge in [-0.3, -0.25) is 0 Å². The molecule has 0 saturated heterocycles. The van der Waals surface area contributed by atoms with Crippen LogP contribution in [0.3, 0.4) is 0 Å². The number of hydrogen-bond acceptors (Lipinski definition) is 1. The maximum Gasteiger partial charge on any atom is 0.0139 e. The number of rotatable bonds is 6. The molecule has 0 atom stereocenters. The van der Waals surface area contributed by atoms with Crippen molar-refractivity contribution < 1.29 is 0 Å². The quantitative estimate of drug-likeness (QED) is 0.503. The minimum Gasteiger partial charge on any atom is -0.309 e. The van der Waals surface area contributed by atoms with Crippen molar-refractivity contribution in [3.8, 4) is 0 Å². The Labute approximate surface area is 89.3 Å². The van der Waals surface area contributed by atoms with Crippen molar-refractivity contribution in [1.82, 2.24) is 5.32 Å². The van der Waals surface area contributed by atoms with E-state index in [1.54, 1.807) is 0 Å². The van der Waals surface area contributed by atoms with Crippen molar-refractivity contribution in [3.05, 3.63) is 24.3 Å². The number of unbranched alkanes of at least 4 members (excludes halogenated alkanes) is 1. The summed E-state index contributed by atoms with van der Waals surface area (Å²) in [5.74, 6) is 0. The van der Waals surface area contributed by atoms with E-state index in [1.165, 1.54) is 6.42 Å². The van der Waals surface area contributed by atoms with Crippen LogP contribution in [-0.2, 0) is 0 Å². The van der Waals surface area contributed by atoms with Crippen LogP contribution in [0.15, 0.2) is 24.3 Å². The molecule has 0 saturated carbocycles. The highest BCUT2D eigenvalue weighted by molar-refractivity contribution is 4.89. The molecule has 0 aliphatic carbocycles. The van der Waals surface area contributed by atoms with Crippen LogP contribution < -0.4 is 5.32 Å². The van der Waals surface area contributed by atoms with Gasteiger partial charge in [-0.05, 0) is 40.0 Å². The summed E-state index contributed by atoms with van der Waals surface area (Å²) in [4.78, 5) is 0. The largest absolute Gasteiger partial charge is 0.309 e. The zero-order valence-corrected chi connectivity index (χ0v) is 10.1. The van der Waals surface area contributed by atoms with Crippen molar-refractivity contribution in [1.29, 1.82) is 0 Å². The van der Waals surface area contributed by atoms with E-state index in [0.717, 1.165) is 19.4 Å². The van der Waals surface area contributed by atoms with Crippen molar-refractivity contribution in [2.45, 2.75) is 52.5 Å². The highest BCUT2D eigenvalue weighted by atomic mass is 14.9. The second-order valence-corrected chi connectivity index (χ2v) is 4.56. The molecule has 0 heterocycles. The van der Waals surface area contributed by atoms with E-state index >= 15 is 0 Å². The average Bonchev–Trinajstić information content (AvgIpc) is 2.08. The first-order valence-corrected chi connectivity index (χ1v) is 5.61. The molecular weight excluding hydrogens is 170 g/mol. The second-order valence-electron chi connectivity index (χ2n) is 4.56. The Hall–Kier alpha value is -0.560. The van der Waals surface area contributed by atoms with Crippen LogP contribution in [0, 0.1) is 0 Å². The summed E-state index contributed by atoms with van der Waals surface area (Å²) in [5.41, 5.74) is 0.229. The maximum absolute atomic E-state index is 3.42. The van der Waals surface area contributed by atoms with E-state index in [4.69, 9.17) is 0 Å². The molecule has 0 amide bonds.